The fraction of sp³-hybridized carbons (Fsp3) is 0.200. The number of alkyl halides is 3. The van der Waals surface area contributed by atoms with Gasteiger partial charge in [-0.05, 0) is 29.8 Å². The third kappa shape index (κ3) is 4.11. The average molecular weight is 400 g/mol. The number of pyridine rings is 1. The molecule has 1 amide bonds. The second-order valence-corrected chi connectivity index (χ2v) is 6.31. The number of hydrogen-bond donors (Lipinski definition) is 0. The van der Waals surface area contributed by atoms with Gasteiger partial charge >= 0.3 is 6.18 Å². The van der Waals surface area contributed by atoms with Crippen molar-refractivity contribution in [3.05, 3.63) is 70.3 Å². The van der Waals surface area contributed by atoms with Gasteiger partial charge in [-0.2, -0.15) is 18.4 Å². The predicted octanol–water partition coefficient (Wildman–Crippen LogP) is 3.37. The van der Waals surface area contributed by atoms with E-state index in [4.69, 9.17) is 5.26 Å². The Hall–Kier alpha value is -3.67. The lowest BCUT2D eigenvalue weighted by Gasteiger charge is -2.16. The van der Waals surface area contributed by atoms with Crippen LogP contribution in [-0.4, -0.2) is 33.8 Å². The maximum absolute atomic E-state index is 13.1. The quantitative estimate of drug-likeness (QED) is 0.673. The summed E-state index contributed by atoms with van der Waals surface area (Å²) in [5.41, 5.74) is -1.03. The fourth-order valence-corrected chi connectivity index (χ4v) is 2.83. The van der Waals surface area contributed by atoms with Gasteiger partial charge in [0.2, 0.25) is 0 Å². The molecule has 0 fully saturated rings. The number of amides is 1. The second kappa shape index (κ2) is 7.75. The molecule has 0 bridgehead atoms. The van der Waals surface area contributed by atoms with Gasteiger partial charge in [-0.1, -0.05) is 12.1 Å². The molecule has 2 heterocycles. The largest absolute Gasteiger partial charge is 0.433 e. The van der Waals surface area contributed by atoms with E-state index in [1.54, 1.807) is 25.2 Å². The SMILES string of the molecule is CN(CCC#N)C(=O)c1ccc(-c2cccn3c(=O)cc(C(F)(F)F)nc23)cc1. The van der Waals surface area contributed by atoms with Crippen LogP contribution < -0.4 is 5.56 Å². The monoisotopic (exact) mass is 400 g/mol. The highest BCUT2D eigenvalue weighted by atomic mass is 19.4. The zero-order valence-electron chi connectivity index (χ0n) is 15.3. The van der Waals surface area contributed by atoms with E-state index < -0.39 is 17.4 Å². The van der Waals surface area contributed by atoms with Crippen molar-refractivity contribution in [3.8, 4) is 17.2 Å². The number of nitrogens with zero attached hydrogens (tertiary/aromatic N) is 4. The maximum Gasteiger partial charge on any atom is 0.433 e. The first-order valence-electron chi connectivity index (χ1n) is 8.55. The minimum Gasteiger partial charge on any atom is -0.341 e. The van der Waals surface area contributed by atoms with Crippen molar-refractivity contribution in [1.82, 2.24) is 14.3 Å². The lowest BCUT2D eigenvalue weighted by molar-refractivity contribution is -0.141. The average Bonchev–Trinajstić information content (AvgIpc) is 2.70. The first-order chi connectivity index (χ1) is 13.7. The first kappa shape index (κ1) is 20.1. The number of carbonyl (C=O) groups excluding carboxylic acids is 1. The minimum absolute atomic E-state index is 0.127. The highest BCUT2D eigenvalue weighted by molar-refractivity contribution is 5.94. The molecule has 6 nitrogen and oxygen atoms in total. The van der Waals surface area contributed by atoms with Crippen LogP contribution in [0, 0.1) is 11.3 Å². The van der Waals surface area contributed by atoms with Crippen LogP contribution in [0.1, 0.15) is 22.5 Å². The maximum atomic E-state index is 13.1. The van der Waals surface area contributed by atoms with Gasteiger partial charge < -0.3 is 4.90 Å². The molecule has 3 aromatic rings. The van der Waals surface area contributed by atoms with Crippen molar-refractivity contribution in [2.24, 2.45) is 0 Å². The van der Waals surface area contributed by atoms with Gasteiger partial charge in [-0.3, -0.25) is 14.0 Å². The van der Waals surface area contributed by atoms with Crippen molar-refractivity contribution >= 4 is 11.6 Å². The van der Waals surface area contributed by atoms with E-state index in [0.717, 1.165) is 4.40 Å². The van der Waals surface area contributed by atoms with Crippen LogP contribution in [0.2, 0.25) is 0 Å². The van der Waals surface area contributed by atoms with E-state index in [-0.39, 0.29) is 24.5 Å². The molecule has 148 valence electrons. The first-order valence-corrected chi connectivity index (χ1v) is 8.55. The summed E-state index contributed by atoms with van der Waals surface area (Å²) in [5.74, 6) is -0.279. The summed E-state index contributed by atoms with van der Waals surface area (Å²) in [5, 5.41) is 8.62. The number of nitriles is 1. The summed E-state index contributed by atoms with van der Waals surface area (Å²) in [6.07, 6.45) is -3.19. The van der Waals surface area contributed by atoms with E-state index in [9.17, 15) is 22.8 Å². The molecule has 0 unspecified atom stereocenters. The number of rotatable bonds is 4. The summed E-state index contributed by atoms with van der Waals surface area (Å²) < 4.78 is 40.2. The van der Waals surface area contributed by atoms with Gasteiger partial charge in [-0.25, -0.2) is 4.98 Å². The lowest BCUT2D eigenvalue weighted by atomic mass is 10.0. The molecular weight excluding hydrogens is 385 g/mol. The summed E-state index contributed by atoms with van der Waals surface area (Å²) in [6.45, 7) is 0.285. The van der Waals surface area contributed by atoms with Crippen molar-refractivity contribution in [2.75, 3.05) is 13.6 Å². The van der Waals surface area contributed by atoms with Crippen molar-refractivity contribution in [2.45, 2.75) is 12.6 Å². The number of halogens is 3. The summed E-state index contributed by atoms with van der Waals surface area (Å²) in [6, 6.07) is 11.7. The highest BCUT2D eigenvalue weighted by Crippen LogP contribution is 2.29. The fourth-order valence-electron chi connectivity index (χ4n) is 2.83. The predicted molar refractivity (Wildman–Crippen MR) is 99.1 cm³/mol. The number of carbonyl (C=O) groups is 1. The van der Waals surface area contributed by atoms with Crippen LogP contribution in [0.15, 0.2) is 53.5 Å². The molecule has 0 radical (unpaired) electrons. The Balaban J connectivity index is 2.03. The van der Waals surface area contributed by atoms with E-state index >= 15 is 0 Å². The van der Waals surface area contributed by atoms with Crippen LogP contribution >= 0.6 is 0 Å². The Morgan fingerprint density at radius 3 is 2.55 bits per heavy atom. The van der Waals surface area contributed by atoms with Crippen LogP contribution in [0.5, 0.6) is 0 Å². The number of aromatic nitrogens is 2. The molecule has 2 aromatic heterocycles. The topological polar surface area (TPSA) is 78.5 Å². The third-order valence-corrected chi connectivity index (χ3v) is 4.33. The van der Waals surface area contributed by atoms with Gasteiger partial charge in [0, 0.05) is 37.0 Å². The van der Waals surface area contributed by atoms with Crippen LogP contribution in [0.25, 0.3) is 16.8 Å². The lowest BCUT2D eigenvalue weighted by Crippen LogP contribution is -2.27. The Morgan fingerprint density at radius 1 is 1.24 bits per heavy atom. The van der Waals surface area contributed by atoms with E-state index in [1.165, 1.54) is 29.3 Å². The molecule has 1 aromatic carbocycles. The molecule has 0 spiro atoms. The van der Waals surface area contributed by atoms with E-state index in [0.29, 0.717) is 22.8 Å². The third-order valence-electron chi connectivity index (χ3n) is 4.33. The summed E-state index contributed by atoms with van der Waals surface area (Å²) in [4.78, 5) is 29.5. The standard InChI is InChI=1S/C20H15F3N4O2/c1-26(10-3-9-24)19(29)14-7-5-13(6-8-14)15-4-2-11-27-17(28)12-16(20(21,22)23)25-18(15)27/h2,4-8,11-12H,3,10H2,1H3. The zero-order chi connectivity index (χ0) is 21.2. The van der Waals surface area contributed by atoms with Crippen molar-refractivity contribution < 1.29 is 18.0 Å². The Morgan fingerprint density at radius 2 is 1.93 bits per heavy atom. The smallest absolute Gasteiger partial charge is 0.341 e. The molecule has 9 heteroatoms. The van der Waals surface area contributed by atoms with Crippen LogP contribution in [0.3, 0.4) is 0 Å². The Bertz CT molecular complexity index is 1160. The molecule has 0 aliphatic rings. The van der Waals surface area contributed by atoms with Gasteiger partial charge in [0.1, 0.15) is 5.65 Å². The van der Waals surface area contributed by atoms with Gasteiger partial charge in [0.25, 0.3) is 11.5 Å². The molecule has 29 heavy (non-hydrogen) atoms. The van der Waals surface area contributed by atoms with Crippen LogP contribution in [0.4, 0.5) is 13.2 Å². The van der Waals surface area contributed by atoms with Crippen LogP contribution in [-0.2, 0) is 6.18 Å². The van der Waals surface area contributed by atoms with Gasteiger partial charge in [0.05, 0.1) is 12.5 Å². The minimum atomic E-state index is -4.74. The second-order valence-electron chi connectivity index (χ2n) is 6.31. The molecule has 0 aliphatic heterocycles. The summed E-state index contributed by atoms with van der Waals surface area (Å²) >= 11 is 0. The molecule has 0 atom stereocenters. The van der Waals surface area contributed by atoms with Gasteiger partial charge in [-0.15, -0.1) is 0 Å². The zero-order valence-corrected chi connectivity index (χ0v) is 15.3. The molecular formula is C20H15F3N4O2. The Kier molecular flexibility index (Phi) is 5.37. The number of hydrogen-bond acceptors (Lipinski definition) is 4. The van der Waals surface area contributed by atoms with Gasteiger partial charge in [0.15, 0.2) is 5.69 Å². The summed E-state index contributed by atoms with van der Waals surface area (Å²) in [7, 11) is 1.58. The molecule has 0 N–H and O–H groups in total. The highest BCUT2D eigenvalue weighted by Gasteiger charge is 2.33. The normalized spacial score (nSPS) is 11.3. The number of benzene rings is 1. The van der Waals surface area contributed by atoms with E-state index in [1.807, 2.05) is 6.07 Å². The Labute approximate surface area is 163 Å². The molecule has 0 saturated heterocycles. The number of fused-ring (bicyclic) bond motifs is 1. The van der Waals surface area contributed by atoms with E-state index in [2.05, 4.69) is 4.98 Å². The molecule has 3 rings (SSSR count). The van der Waals surface area contributed by atoms with Crippen molar-refractivity contribution in [3.63, 3.8) is 0 Å². The molecule has 0 aliphatic carbocycles. The molecule has 0 saturated carbocycles. The van der Waals surface area contributed by atoms with Crippen molar-refractivity contribution in [1.29, 1.82) is 5.26 Å².